The highest BCUT2D eigenvalue weighted by molar-refractivity contribution is 5.76. The summed E-state index contributed by atoms with van der Waals surface area (Å²) in [6.07, 6.45) is 12.2. The first-order valence-electron chi connectivity index (χ1n) is 11.4. The highest BCUT2D eigenvalue weighted by Gasteiger charge is 2.38. The van der Waals surface area contributed by atoms with E-state index in [9.17, 15) is 4.79 Å². The summed E-state index contributed by atoms with van der Waals surface area (Å²) in [5.74, 6) is -0.0223. The Morgan fingerprint density at radius 2 is 1.74 bits per heavy atom. The first kappa shape index (κ1) is 24.4. The van der Waals surface area contributed by atoms with E-state index in [1.54, 1.807) is 0 Å². The van der Waals surface area contributed by atoms with Crippen LogP contribution in [0.3, 0.4) is 0 Å². The number of unbranched alkanes of at least 4 members (excludes halogenated alkanes) is 7. The largest absolute Gasteiger partial charge is 0.465 e. The summed E-state index contributed by atoms with van der Waals surface area (Å²) < 4.78 is 5.60. The van der Waals surface area contributed by atoms with Crippen molar-refractivity contribution in [3.05, 3.63) is 0 Å². The first-order valence-corrected chi connectivity index (χ1v) is 11.4. The summed E-state index contributed by atoms with van der Waals surface area (Å²) >= 11 is 0. The molecule has 1 fully saturated rings. The normalized spacial score (nSPS) is 20.5. The van der Waals surface area contributed by atoms with Crippen LogP contribution >= 0.6 is 0 Å². The molecule has 2 atom stereocenters. The summed E-state index contributed by atoms with van der Waals surface area (Å²) in [6, 6.07) is 0.329. The van der Waals surface area contributed by atoms with Gasteiger partial charge in [-0.3, -0.25) is 9.69 Å². The van der Waals surface area contributed by atoms with Crippen LogP contribution < -0.4 is 0 Å². The Labute approximate surface area is 167 Å². The Bertz CT molecular complexity index is 379. The Balaban J connectivity index is 2.51. The van der Waals surface area contributed by atoms with Crippen molar-refractivity contribution in [2.45, 2.75) is 96.6 Å². The second kappa shape index (κ2) is 15.3. The third-order valence-corrected chi connectivity index (χ3v) is 5.74. The van der Waals surface area contributed by atoms with Crippen LogP contribution in [0.4, 0.5) is 0 Å². The summed E-state index contributed by atoms with van der Waals surface area (Å²) in [5.41, 5.74) is 0. The molecule has 0 saturated carbocycles. The summed E-state index contributed by atoms with van der Waals surface area (Å²) in [5, 5.41) is 8.99. The van der Waals surface area contributed by atoms with Crippen LogP contribution in [0.2, 0.25) is 0 Å². The van der Waals surface area contributed by atoms with Crippen LogP contribution in [-0.4, -0.2) is 72.9 Å². The monoisotopic (exact) mass is 384 g/mol. The predicted molar refractivity (Wildman–Crippen MR) is 112 cm³/mol. The van der Waals surface area contributed by atoms with Crippen molar-refractivity contribution in [2.75, 3.05) is 39.9 Å². The maximum atomic E-state index is 12.7. The molecule has 5 heteroatoms. The van der Waals surface area contributed by atoms with E-state index < -0.39 is 0 Å². The van der Waals surface area contributed by atoms with Crippen LogP contribution in [0.1, 0.15) is 84.5 Å². The number of hydrogen-bond donors (Lipinski definition) is 1. The van der Waals surface area contributed by atoms with Gasteiger partial charge in [-0.2, -0.15) is 0 Å². The molecule has 1 rings (SSSR count). The number of ether oxygens (including phenoxy) is 1. The number of nitrogens with zero attached hydrogens (tertiary/aromatic N) is 2. The number of likely N-dealkylation sites (tertiary alicyclic amines) is 1. The van der Waals surface area contributed by atoms with E-state index in [-0.39, 0.29) is 18.6 Å². The average Bonchev–Trinajstić information content (AvgIpc) is 3.09. The van der Waals surface area contributed by atoms with E-state index in [2.05, 4.69) is 30.7 Å². The van der Waals surface area contributed by atoms with Crippen molar-refractivity contribution in [3.8, 4) is 0 Å². The van der Waals surface area contributed by atoms with Crippen molar-refractivity contribution < 1.29 is 14.6 Å². The van der Waals surface area contributed by atoms with Gasteiger partial charge in [-0.05, 0) is 52.2 Å². The fourth-order valence-electron chi connectivity index (χ4n) is 3.89. The van der Waals surface area contributed by atoms with Crippen molar-refractivity contribution in [1.82, 2.24) is 9.80 Å². The minimum atomic E-state index is -0.0805. The van der Waals surface area contributed by atoms with Gasteiger partial charge in [0.2, 0.25) is 0 Å². The van der Waals surface area contributed by atoms with Crippen molar-refractivity contribution in [1.29, 1.82) is 0 Å². The molecular weight excluding hydrogens is 340 g/mol. The number of hydrogen-bond acceptors (Lipinski definition) is 5. The van der Waals surface area contributed by atoms with E-state index in [0.717, 1.165) is 58.2 Å². The van der Waals surface area contributed by atoms with E-state index in [0.29, 0.717) is 12.6 Å². The topological polar surface area (TPSA) is 53.0 Å². The SMILES string of the molecule is CCCCCCCN1CC(N(C)CCCCO)C[C@H]1C(=O)OCCCCC. The fraction of sp³-hybridized carbons (Fsp3) is 0.955. The molecular formula is C22H44N2O3. The van der Waals surface area contributed by atoms with Gasteiger partial charge in [0.05, 0.1) is 6.61 Å². The molecule has 5 nitrogen and oxygen atoms in total. The Morgan fingerprint density at radius 3 is 2.44 bits per heavy atom. The van der Waals surface area contributed by atoms with E-state index in [4.69, 9.17) is 9.84 Å². The first-order chi connectivity index (χ1) is 13.1. The Kier molecular flexibility index (Phi) is 13.8. The van der Waals surface area contributed by atoms with E-state index in [1.165, 1.54) is 32.1 Å². The molecule has 0 aromatic carbocycles. The number of esters is 1. The van der Waals surface area contributed by atoms with Crippen LogP contribution in [-0.2, 0) is 9.53 Å². The molecule has 1 aliphatic rings. The van der Waals surface area contributed by atoms with Crippen molar-refractivity contribution in [3.63, 3.8) is 0 Å². The highest BCUT2D eigenvalue weighted by atomic mass is 16.5. The van der Waals surface area contributed by atoms with Gasteiger partial charge in [0.25, 0.3) is 0 Å². The summed E-state index contributed by atoms with van der Waals surface area (Å²) in [7, 11) is 2.15. The maximum absolute atomic E-state index is 12.7. The van der Waals surface area contributed by atoms with Gasteiger partial charge in [0, 0.05) is 19.2 Å². The minimum Gasteiger partial charge on any atom is -0.465 e. The van der Waals surface area contributed by atoms with Gasteiger partial charge in [-0.1, -0.05) is 52.4 Å². The fourth-order valence-corrected chi connectivity index (χ4v) is 3.89. The van der Waals surface area contributed by atoms with Crippen molar-refractivity contribution in [2.24, 2.45) is 0 Å². The van der Waals surface area contributed by atoms with Crippen molar-refractivity contribution >= 4 is 5.97 Å². The molecule has 0 aromatic heterocycles. The smallest absolute Gasteiger partial charge is 0.323 e. The van der Waals surface area contributed by atoms with Gasteiger partial charge in [-0.15, -0.1) is 0 Å². The zero-order valence-electron chi connectivity index (χ0n) is 18.1. The van der Waals surface area contributed by atoms with Crippen LogP contribution in [0.25, 0.3) is 0 Å². The Hall–Kier alpha value is -0.650. The number of rotatable bonds is 16. The lowest BCUT2D eigenvalue weighted by molar-refractivity contribution is -0.149. The Morgan fingerprint density at radius 1 is 1.04 bits per heavy atom. The molecule has 1 saturated heterocycles. The molecule has 0 amide bonds. The van der Waals surface area contributed by atoms with Gasteiger partial charge in [0.15, 0.2) is 0 Å². The van der Waals surface area contributed by atoms with Crippen LogP contribution in [0.5, 0.6) is 0 Å². The number of aliphatic hydroxyl groups is 1. The van der Waals surface area contributed by atoms with Crippen LogP contribution in [0, 0.1) is 0 Å². The molecule has 0 spiro atoms. The lowest BCUT2D eigenvalue weighted by Gasteiger charge is -2.24. The third kappa shape index (κ3) is 9.91. The van der Waals surface area contributed by atoms with Gasteiger partial charge < -0.3 is 14.7 Å². The van der Waals surface area contributed by atoms with Gasteiger partial charge >= 0.3 is 5.97 Å². The molecule has 0 bridgehead atoms. The second-order valence-corrected chi connectivity index (χ2v) is 8.10. The zero-order chi connectivity index (χ0) is 19.9. The number of carbonyl (C=O) groups excluding carboxylic acids is 1. The minimum absolute atomic E-state index is 0.0223. The molecule has 27 heavy (non-hydrogen) atoms. The van der Waals surface area contributed by atoms with E-state index >= 15 is 0 Å². The summed E-state index contributed by atoms with van der Waals surface area (Å²) in [4.78, 5) is 17.4. The molecule has 0 aliphatic carbocycles. The molecule has 1 N–H and O–H groups in total. The van der Waals surface area contributed by atoms with Gasteiger partial charge in [-0.25, -0.2) is 0 Å². The molecule has 0 radical (unpaired) electrons. The second-order valence-electron chi connectivity index (χ2n) is 8.10. The lowest BCUT2D eigenvalue weighted by atomic mass is 10.1. The molecule has 1 heterocycles. The molecule has 160 valence electrons. The maximum Gasteiger partial charge on any atom is 0.323 e. The summed E-state index contributed by atoms with van der Waals surface area (Å²) in [6.45, 7) is 8.16. The third-order valence-electron chi connectivity index (χ3n) is 5.74. The number of carbonyl (C=O) groups is 1. The number of aliphatic hydroxyl groups excluding tert-OH is 1. The average molecular weight is 385 g/mol. The van der Waals surface area contributed by atoms with E-state index in [1.807, 2.05) is 0 Å². The number of likely N-dealkylation sites (N-methyl/N-ethyl adjacent to an activating group) is 1. The highest BCUT2D eigenvalue weighted by Crippen LogP contribution is 2.24. The van der Waals surface area contributed by atoms with Gasteiger partial charge in [0.1, 0.15) is 6.04 Å². The predicted octanol–water partition coefficient (Wildman–Crippen LogP) is 3.84. The molecule has 1 aliphatic heterocycles. The standard InChI is InChI=1S/C22H44N2O3/c1-4-6-8-9-10-15-24-19-20(23(3)14-11-12-16-25)18-21(24)22(26)27-17-13-7-5-2/h20-21,25H,4-19H2,1-3H3/t20?,21-/m0/s1. The lowest BCUT2D eigenvalue weighted by Crippen LogP contribution is -2.38. The quantitative estimate of drug-likeness (QED) is 0.324. The molecule has 0 aromatic rings. The zero-order valence-corrected chi connectivity index (χ0v) is 18.1. The van der Waals surface area contributed by atoms with Crippen LogP contribution in [0.15, 0.2) is 0 Å². The molecule has 1 unspecified atom stereocenters.